The molecule has 2 amide bonds. The standard InChI is InChI=1S/C22H33N9O4.C2H4O2.CH4/c1-12-10-18(32)35-17-11-13(6-7-14(12)17)30-20(34)16(5-3-9-29-22(26)27)31-19(33)15(23)4-2-8-28-21(24)25;1-2(3)4;/h6-7,10-11,15-16H,2-5,8-9,23H2,1H3,(H,30,34)(H,31,33)(H4,24,25,28)(H4,26,27,29);1H3,(H,3,4);1H4/t15-,16-;;/m0../s1. The van der Waals surface area contributed by atoms with Crippen LogP contribution in [0.2, 0.25) is 0 Å². The molecule has 1 aromatic heterocycles. The molecule has 0 saturated carbocycles. The fourth-order valence-corrected chi connectivity index (χ4v) is 3.33. The molecule has 0 fully saturated rings. The summed E-state index contributed by atoms with van der Waals surface area (Å²) >= 11 is 0. The first kappa shape index (κ1) is 35.3. The van der Waals surface area contributed by atoms with Crippen LogP contribution in [0.25, 0.3) is 11.0 Å². The first-order valence-corrected chi connectivity index (χ1v) is 12.0. The van der Waals surface area contributed by atoms with Crippen molar-refractivity contribution in [1.82, 2.24) is 5.32 Å². The maximum absolute atomic E-state index is 13.0. The Morgan fingerprint density at radius 1 is 0.975 bits per heavy atom. The Hall–Kier alpha value is -4.66. The maximum atomic E-state index is 13.0. The van der Waals surface area contributed by atoms with Gasteiger partial charge >= 0.3 is 5.63 Å². The van der Waals surface area contributed by atoms with Crippen molar-refractivity contribution in [1.29, 1.82) is 0 Å². The Bertz CT molecular complexity index is 1250. The summed E-state index contributed by atoms with van der Waals surface area (Å²) in [4.78, 5) is 54.1. The van der Waals surface area contributed by atoms with Gasteiger partial charge in [-0.2, -0.15) is 0 Å². The van der Waals surface area contributed by atoms with Gasteiger partial charge in [-0.1, -0.05) is 7.43 Å². The zero-order valence-electron chi connectivity index (χ0n) is 22.0. The maximum Gasteiger partial charge on any atom is 0.336 e. The smallest absolute Gasteiger partial charge is 0.336 e. The molecule has 1 aromatic carbocycles. The summed E-state index contributed by atoms with van der Waals surface area (Å²) in [5, 5.41) is 13.6. The fourth-order valence-electron chi connectivity index (χ4n) is 3.33. The van der Waals surface area contributed by atoms with Gasteiger partial charge in [0.2, 0.25) is 11.8 Å². The number of amides is 2. The fraction of sp³-hybridized carbons (Fsp3) is 0.440. The van der Waals surface area contributed by atoms with Crippen LogP contribution < -0.4 is 44.9 Å². The average Bonchev–Trinajstić information content (AvgIpc) is 2.82. The van der Waals surface area contributed by atoms with E-state index in [1.807, 2.05) is 0 Å². The number of carboxylic acid groups (broad SMARTS) is 1. The van der Waals surface area contributed by atoms with Crippen LogP contribution in [0.1, 0.15) is 45.6 Å². The third-order valence-corrected chi connectivity index (χ3v) is 5.10. The minimum atomic E-state index is -0.902. The molecule has 0 aliphatic carbocycles. The number of nitrogens with one attached hydrogen (secondary N) is 2. The van der Waals surface area contributed by atoms with Crippen molar-refractivity contribution in [3.05, 3.63) is 40.2 Å². The second-order valence-corrected chi connectivity index (χ2v) is 8.53. The van der Waals surface area contributed by atoms with E-state index in [1.165, 1.54) is 6.07 Å². The molecule has 0 bridgehead atoms. The summed E-state index contributed by atoms with van der Waals surface area (Å²) in [7, 11) is 0. The number of carbonyl (C=O) groups is 3. The van der Waals surface area contributed by atoms with Gasteiger partial charge in [0, 0.05) is 43.2 Å². The molecule has 0 saturated heterocycles. The zero-order valence-corrected chi connectivity index (χ0v) is 22.0. The van der Waals surface area contributed by atoms with Crippen molar-refractivity contribution < 1.29 is 23.9 Å². The zero-order chi connectivity index (χ0) is 29.5. The number of carboxylic acids is 1. The number of carbonyl (C=O) groups excluding carboxylic acids is 2. The minimum absolute atomic E-state index is 0. The van der Waals surface area contributed by atoms with E-state index in [1.54, 1.807) is 25.1 Å². The molecule has 2 atom stereocenters. The van der Waals surface area contributed by atoms with Gasteiger partial charge in [-0.3, -0.25) is 24.4 Å². The number of nitrogens with two attached hydrogens (primary N) is 5. The topological polar surface area (TPSA) is 281 Å². The van der Waals surface area contributed by atoms with Crippen LogP contribution in [0.4, 0.5) is 5.69 Å². The first-order valence-electron chi connectivity index (χ1n) is 12.0. The molecule has 1 heterocycles. The van der Waals surface area contributed by atoms with Crippen LogP contribution in [-0.4, -0.2) is 60.0 Å². The lowest BCUT2D eigenvalue weighted by Crippen LogP contribution is -2.50. The molecule has 0 unspecified atom stereocenters. The number of fused-ring (bicyclic) bond motifs is 1. The number of guanidine groups is 2. The van der Waals surface area contributed by atoms with Crippen LogP contribution >= 0.6 is 0 Å². The molecular formula is C25H41N9O6. The molecule has 2 aromatic rings. The lowest BCUT2D eigenvalue weighted by molar-refractivity contribution is -0.134. The van der Waals surface area contributed by atoms with Crippen LogP contribution in [0.3, 0.4) is 0 Å². The van der Waals surface area contributed by atoms with Gasteiger partial charge in [-0.05, 0) is 50.3 Å². The quantitative estimate of drug-likeness (QED) is 0.0717. The van der Waals surface area contributed by atoms with Gasteiger partial charge in [0.15, 0.2) is 11.9 Å². The predicted octanol–water partition coefficient (Wildman–Crippen LogP) is -0.314. The van der Waals surface area contributed by atoms with Gasteiger partial charge in [-0.15, -0.1) is 0 Å². The number of aliphatic carboxylic acids is 1. The van der Waals surface area contributed by atoms with Crippen LogP contribution in [-0.2, 0) is 14.4 Å². The highest BCUT2D eigenvalue weighted by Gasteiger charge is 2.23. The summed E-state index contributed by atoms with van der Waals surface area (Å²) in [5.74, 6) is -1.89. The van der Waals surface area contributed by atoms with Crippen LogP contribution in [0, 0.1) is 6.92 Å². The summed E-state index contributed by atoms with van der Waals surface area (Å²) in [5.41, 5.74) is 28.2. The Kier molecular flexibility index (Phi) is 15.7. The number of anilines is 1. The van der Waals surface area contributed by atoms with E-state index in [9.17, 15) is 14.4 Å². The average molecular weight is 564 g/mol. The summed E-state index contributed by atoms with van der Waals surface area (Å²) in [6.07, 6.45) is 1.52. The van der Waals surface area contributed by atoms with Crippen molar-refractivity contribution in [3.63, 3.8) is 0 Å². The van der Waals surface area contributed by atoms with Crippen molar-refractivity contribution in [2.24, 2.45) is 38.7 Å². The largest absolute Gasteiger partial charge is 0.481 e. The Morgan fingerprint density at radius 3 is 2.08 bits per heavy atom. The van der Waals surface area contributed by atoms with Crippen LogP contribution in [0.15, 0.2) is 43.5 Å². The monoisotopic (exact) mass is 563 g/mol. The van der Waals surface area contributed by atoms with Gasteiger partial charge in [0.1, 0.15) is 11.6 Å². The second kappa shape index (κ2) is 17.8. The minimum Gasteiger partial charge on any atom is -0.481 e. The number of benzene rings is 1. The van der Waals surface area contributed by atoms with Gasteiger partial charge in [-0.25, -0.2) is 4.79 Å². The SMILES string of the molecule is C.CC(=O)O.Cc1cc(=O)oc2cc(NC(=O)[C@H](CCCN=C(N)N)NC(=O)[C@@H](N)CCCN=C(N)N)ccc12. The summed E-state index contributed by atoms with van der Waals surface area (Å²) in [6, 6.07) is 4.61. The number of hydrogen-bond donors (Lipinski definition) is 8. The summed E-state index contributed by atoms with van der Waals surface area (Å²) < 4.78 is 5.23. The van der Waals surface area contributed by atoms with E-state index in [0.29, 0.717) is 37.1 Å². The highest BCUT2D eigenvalue weighted by Crippen LogP contribution is 2.21. The van der Waals surface area contributed by atoms with Gasteiger partial charge in [0.05, 0.1) is 6.04 Å². The molecule has 0 radical (unpaired) electrons. The number of nitrogens with zero attached hydrogens (tertiary/aromatic N) is 2. The number of hydrogen-bond acceptors (Lipinski definition) is 8. The van der Waals surface area contributed by atoms with E-state index < -0.39 is 35.5 Å². The van der Waals surface area contributed by atoms with Crippen molar-refractivity contribution in [2.45, 2.75) is 59.0 Å². The predicted molar refractivity (Wildman–Crippen MR) is 156 cm³/mol. The molecule has 15 nitrogen and oxygen atoms in total. The molecule has 40 heavy (non-hydrogen) atoms. The van der Waals surface area contributed by atoms with E-state index in [-0.39, 0.29) is 32.3 Å². The molecule has 15 heteroatoms. The van der Waals surface area contributed by atoms with E-state index in [4.69, 9.17) is 43.0 Å². The molecule has 0 aliphatic rings. The van der Waals surface area contributed by atoms with E-state index in [2.05, 4.69) is 20.6 Å². The number of rotatable bonds is 12. The molecule has 0 spiro atoms. The Balaban J connectivity index is 0.00000284. The van der Waals surface area contributed by atoms with Crippen molar-refractivity contribution in [3.8, 4) is 0 Å². The molecule has 2 rings (SSSR count). The van der Waals surface area contributed by atoms with Crippen LogP contribution in [0.5, 0.6) is 0 Å². The highest BCUT2D eigenvalue weighted by molar-refractivity contribution is 5.99. The van der Waals surface area contributed by atoms with Gasteiger partial charge in [0.25, 0.3) is 5.97 Å². The highest BCUT2D eigenvalue weighted by atomic mass is 16.4. The lowest BCUT2D eigenvalue weighted by atomic mass is 10.1. The normalized spacial score (nSPS) is 11.5. The third kappa shape index (κ3) is 13.8. The Morgan fingerprint density at radius 2 is 1.52 bits per heavy atom. The second-order valence-electron chi connectivity index (χ2n) is 8.53. The van der Waals surface area contributed by atoms with Crippen molar-refractivity contribution in [2.75, 3.05) is 18.4 Å². The molecule has 222 valence electrons. The number of aliphatic imine (C=N–C) groups is 2. The lowest BCUT2D eigenvalue weighted by Gasteiger charge is -2.20. The van der Waals surface area contributed by atoms with Gasteiger partial charge < -0.3 is 48.8 Å². The van der Waals surface area contributed by atoms with Crippen molar-refractivity contribution >= 4 is 46.4 Å². The molecular weight excluding hydrogens is 522 g/mol. The first-order chi connectivity index (χ1) is 18.3. The molecule has 13 N–H and O–H groups in total. The van der Waals surface area contributed by atoms with E-state index >= 15 is 0 Å². The number of aryl methyl sites for hydroxylation is 1. The Labute approximate surface area is 232 Å². The third-order valence-electron chi connectivity index (χ3n) is 5.10. The molecule has 0 aliphatic heterocycles. The van der Waals surface area contributed by atoms with E-state index in [0.717, 1.165) is 17.9 Å². The summed E-state index contributed by atoms with van der Waals surface area (Å²) in [6.45, 7) is 3.50.